The van der Waals surface area contributed by atoms with Crippen molar-refractivity contribution in [1.82, 2.24) is 0 Å². The van der Waals surface area contributed by atoms with Gasteiger partial charge in [-0.1, -0.05) is 117 Å². The Balaban J connectivity index is 1.14. The van der Waals surface area contributed by atoms with Crippen LogP contribution < -0.4 is 4.74 Å². The molecular formula is C39H28OS. The van der Waals surface area contributed by atoms with Crippen LogP contribution in [0.3, 0.4) is 0 Å². The second-order valence-corrected chi connectivity index (χ2v) is 12.5. The second kappa shape index (κ2) is 9.19. The number of thiophene rings is 1. The molecule has 0 aliphatic carbocycles. The molecule has 1 aliphatic rings. The molecule has 1 nitrogen and oxygen atoms in total. The van der Waals surface area contributed by atoms with Gasteiger partial charge in [0.25, 0.3) is 0 Å². The summed E-state index contributed by atoms with van der Waals surface area (Å²) >= 11 is 1.87. The van der Waals surface area contributed by atoms with Gasteiger partial charge in [0.15, 0.2) is 0 Å². The Labute approximate surface area is 244 Å². The third-order valence-corrected chi connectivity index (χ3v) is 9.70. The Bertz CT molecular complexity index is 2100. The van der Waals surface area contributed by atoms with Crippen LogP contribution in [0.25, 0.3) is 53.6 Å². The van der Waals surface area contributed by atoms with E-state index in [9.17, 15) is 0 Å². The van der Waals surface area contributed by atoms with Crippen molar-refractivity contribution in [3.63, 3.8) is 0 Å². The average molecular weight is 545 g/mol. The average Bonchev–Trinajstić information content (AvgIpc) is 3.40. The van der Waals surface area contributed by atoms with Crippen molar-refractivity contribution in [2.45, 2.75) is 19.3 Å². The normalized spacial score (nSPS) is 13.5. The summed E-state index contributed by atoms with van der Waals surface area (Å²) in [4.78, 5) is 0. The number of ether oxygens (including phenoxy) is 1. The first kappa shape index (κ1) is 24.2. The highest BCUT2D eigenvalue weighted by atomic mass is 32.1. The van der Waals surface area contributed by atoms with E-state index in [2.05, 4.69) is 141 Å². The van der Waals surface area contributed by atoms with Crippen molar-refractivity contribution in [2.24, 2.45) is 0 Å². The van der Waals surface area contributed by atoms with Gasteiger partial charge >= 0.3 is 0 Å². The molecule has 2 heterocycles. The Morgan fingerprint density at radius 1 is 0.488 bits per heavy atom. The molecule has 0 atom stereocenters. The van der Waals surface area contributed by atoms with Crippen LogP contribution in [0.2, 0.25) is 0 Å². The maximum atomic E-state index is 6.40. The molecule has 8 rings (SSSR count). The highest BCUT2D eigenvalue weighted by Gasteiger charge is 2.34. The van der Waals surface area contributed by atoms with Crippen molar-refractivity contribution in [2.75, 3.05) is 0 Å². The number of hydrogen-bond acceptors (Lipinski definition) is 2. The van der Waals surface area contributed by atoms with Crippen LogP contribution >= 0.6 is 11.3 Å². The zero-order chi connectivity index (χ0) is 27.6. The Morgan fingerprint density at radius 2 is 1.12 bits per heavy atom. The lowest BCUT2D eigenvalue weighted by molar-refractivity contribution is 0.418. The highest BCUT2D eigenvalue weighted by molar-refractivity contribution is 7.25. The molecule has 0 fully saturated rings. The summed E-state index contributed by atoms with van der Waals surface area (Å²) in [6.07, 6.45) is 0. The first-order valence-electron chi connectivity index (χ1n) is 14.1. The van der Waals surface area contributed by atoms with Gasteiger partial charge in [-0.3, -0.25) is 0 Å². The van der Waals surface area contributed by atoms with Crippen LogP contribution in [0.1, 0.15) is 25.0 Å². The Kier molecular flexibility index (Phi) is 5.42. The molecule has 0 unspecified atom stereocenters. The van der Waals surface area contributed by atoms with Gasteiger partial charge in [-0.2, -0.15) is 0 Å². The standard InChI is InChI=1S/C39H28OS/c1-39(2)32-13-4-5-14-34(32)40-35-24-29(21-22-33(35)39)28-10-7-9-27(23-28)25-17-19-26(20-18-25)30-12-8-16-37-38(30)31-11-3-6-15-36(31)41-37/h3-24H,1-2H3. The van der Waals surface area contributed by atoms with Crippen LogP contribution in [0, 0.1) is 0 Å². The molecule has 7 aromatic rings. The predicted octanol–water partition coefficient (Wildman–Crippen LogP) is 11.5. The molecule has 196 valence electrons. The van der Waals surface area contributed by atoms with E-state index in [4.69, 9.17) is 4.74 Å². The summed E-state index contributed by atoms with van der Waals surface area (Å²) < 4.78 is 9.07. The molecule has 0 radical (unpaired) electrons. The van der Waals surface area contributed by atoms with E-state index in [1.165, 1.54) is 59.1 Å². The van der Waals surface area contributed by atoms with Crippen LogP contribution in [-0.4, -0.2) is 0 Å². The predicted molar refractivity (Wildman–Crippen MR) is 174 cm³/mol. The number of hydrogen-bond donors (Lipinski definition) is 0. The number of benzene rings is 6. The van der Waals surface area contributed by atoms with Crippen molar-refractivity contribution in [3.8, 4) is 44.9 Å². The molecule has 0 saturated carbocycles. The van der Waals surface area contributed by atoms with E-state index in [0.29, 0.717) is 0 Å². The zero-order valence-electron chi connectivity index (χ0n) is 23.0. The smallest absolute Gasteiger partial charge is 0.132 e. The van der Waals surface area contributed by atoms with Gasteiger partial charge in [0.05, 0.1) is 0 Å². The summed E-state index contributed by atoms with van der Waals surface area (Å²) in [5.41, 5.74) is 9.64. The largest absolute Gasteiger partial charge is 0.457 e. The van der Waals surface area contributed by atoms with E-state index in [1.54, 1.807) is 0 Å². The fourth-order valence-corrected chi connectivity index (χ4v) is 7.51. The second-order valence-electron chi connectivity index (χ2n) is 11.4. The quantitative estimate of drug-likeness (QED) is 0.215. The molecule has 6 aromatic carbocycles. The summed E-state index contributed by atoms with van der Waals surface area (Å²) in [7, 11) is 0. The number of fused-ring (bicyclic) bond motifs is 5. The van der Waals surface area contributed by atoms with Gasteiger partial charge in [0, 0.05) is 36.7 Å². The minimum atomic E-state index is -0.105. The van der Waals surface area contributed by atoms with Gasteiger partial charge in [0.1, 0.15) is 11.5 Å². The third kappa shape index (κ3) is 3.90. The zero-order valence-corrected chi connectivity index (χ0v) is 23.8. The van der Waals surface area contributed by atoms with Crippen molar-refractivity contribution in [3.05, 3.63) is 145 Å². The van der Waals surface area contributed by atoms with Gasteiger partial charge in [0.2, 0.25) is 0 Å². The van der Waals surface area contributed by atoms with E-state index < -0.39 is 0 Å². The van der Waals surface area contributed by atoms with E-state index >= 15 is 0 Å². The lowest BCUT2D eigenvalue weighted by Crippen LogP contribution is -2.24. The number of para-hydroxylation sites is 1. The molecule has 41 heavy (non-hydrogen) atoms. The van der Waals surface area contributed by atoms with Gasteiger partial charge < -0.3 is 4.74 Å². The Hall–Kier alpha value is -4.66. The minimum Gasteiger partial charge on any atom is -0.457 e. The molecule has 1 aromatic heterocycles. The fraction of sp³-hybridized carbons (Fsp3) is 0.0769. The molecule has 0 spiro atoms. The maximum absolute atomic E-state index is 6.40. The maximum Gasteiger partial charge on any atom is 0.132 e. The molecule has 0 amide bonds. The van der Waals surface area contributed by atoms with Gasteiger partial charge in [-0.15, -0.1) is 11.3 Å². The van der Waals surface area contributed by atoms with Crippen LogP contribution in [0.4, 0.5) is 0 Å². The van der Waals surface area contributed by atoms with Crippen molar-refractivity contribution >= 4 is 31.5 Å². The van der Waals surface area contributed by atoms with Crippen LogP contribution in [-0.2, 0) is 5.41 Å². The molecular weight excluding hydrogens is 516 g/mol. The first-order valence-corrected chi connectivity index (χ1v) is 14.9. The Morgan fingerprint density at radius 3 is 2.00 bits per heavy atom. The lowest BCUT2D eigenvalue weighted by atomic mass is 9.75. The first-order chi connectivity index (χ1) is 20.1. The fourth-order valence-electron chi connectivity index (χ4n) is 6.37. The molecule has 2 heteroatoms. The summed E-state index contributed by atoms with van der Waals surface area (Å²) in [5.74, 6) is 1.89. The molecule has 0 N–H and O–H groups in total. The van der Waals surface area contributed by atoms with E-state index in [-0.39, 0.29) is 5.41 Å². The van der Waals surface area contributed by atoms with Crippen molar-refractivity contribution < 1.29 is 4.74 Å². The summed E-state index contributed by atoms with van der Waals surface area (Å²) in [6, 6.07) is 48.2. The van der Waals surface area contributed by atoms with E-state index in [1.807, 2.05) is 17.4 Å². The SMILES string of the molecule is CC1(C)c2ccccc2Oc2cc(-c3cccc(-c4ccc(-c5cccc6sc7ccccc7c56)cc4)c3)ccc21. The lowest BCUT2D eigenvalue weighted by Gasteiger charge is -2.34. The summed E-state index contributed by atoms with van der Waals surface area (Å²) in [5, 5.41) is 2.68. The summed E-state index contributed by atoms with van der Waals surface area (Å²) in [6.45, 7) is 4.55. The van der Waals surface area contributed by atoms with Crippen LogP contribution in [0.5, 0.6) is 11.5 Å². The van der Waals surface area contributed by atoms with Crippen molar-refractivity contribution in [1.29, 1.82) is 0 Å². The van der Waals surface area contributed by atoms with Crippen LogP contribution in [0.15, 0.2) is 133 Å². The topological polar surface area (TPSA) is 9.23 Å². The number of rotatable bonds is 3. The highest BCUT2D eigenvalue weighted by Crippen LogP contribution is 2.48. The third-order valence-electron chi connectivity index (χ3n) is 8.56. The monoisotopic (exact) mass is 544 g/mol. The molecule has 1 aliphatic heterocycles. The van der Waals surface area contributed by atoms with Gasteiger partial charge in [-0.25, -0.2) is 0 Å². The van der Waals surface area contributed by atoms with E-state index in [0.717, 1.165) is 17.1 Å². The minimum absolute atomic E-state index is 0.105. The van der Waals surface area contributed by atoms with Gasteiger partial charge in [-0.05, 0) is 63.7 Å². The molecule has 0 saturated heterocycles. The molecule has 0 bridgehead atoms.